The smallest absolute Gasteiger partial charge is 0.283 e. The fraction of sp³-hybridized carbons (Fsp3) is 0.263. The molecule has 0 saturated heterocycles. The molecule has 2 aromatic heterocycles. The minimum absolute atomic E-state index is 0.158. The molecule has 0 radical (unpaired) electrons. The van der Waals surface area contributed by atoms with Crippen LogP contribution in [-0.2, 0) is 17.9 Å². The predicted molar refractivity (Wildman–Crippen MR) is 108 cm³/mol. The number of hydrogen-bond donors (Lipinski definition) is 2. The number of nitrogens with one attached hydrogen (secondary N) is 2. The molecular formula is C19H19ClF2N6O2. The Morgan fingerprint density at radius 2 is 1.87 bits per heavy atom. The zero-order valence-corrected chi connectivity index (χ0v) is 17.0. The van der Waals surface area contributed by atoms with Crippen LogP contribution in [0.3, 0.4) is 0 Å². The van der Waals surface area contributed by atoms with Gasteiger partial charge in [-0.3, -0.25) is 19.0 Å². The Kier molecular flexibility index (Phi) is 6.46. The molecule has 0 fully saturated rings. The summed E-state index contributed by atoms with van der Waals surface area (Å²) in [4.78, 5) is 24.7. The van der Waals surface area contributed by atoms with E-state index in [0.717, 1.165) is 4.68 Å². The van der Waals surface area contributed by atoms with E-state index in [4.69, 9.17) is 11.6 Å². The lowest BCUT2D eigenvalue weighted by molar-refractivity contribution is -0.117. The number of hydrogen-bond acceptors (Lipinski definition) is 4. The lowest BCUT2D eigenvalue weighted by Crippen LogP contribution is -2.21. The second-order valence-electron chi connectivity index (χ2n) is 6.36. The highest BCUT2D eigenvalue weighted by molar-refractivity contribution is 6.31. The average molecular weight is 437 g/mol. The summed E-state index contributed by atoms with van der Waals surface area (Å²) in [6.07, 6.45) is -1.29. The van der Waals surface area contributed by atoms with E-state index in [1.54, 1.807) is 35.0 Å². The van der Waals surface area contributed by atoms with Gasteiger partial charge < -0.3 is 10.6 Å². The van der Waals surface area contributed by atoms with Crippen LogP contribution < -0.4 is 10.6 Å². The van der Waals surface area contributed by atoms with Gasteiger partial charge in [0.05, 0.1) is 10.7 Å². The van der Waals surface area contributed by atoms with E-state index >= 15 is 0 Å². The lowest BCUT2D eigenvalue weighted by atomic mass is 10.2. The third-order valence-corrected chi connectivity index (χ3v) is 4.78. The molecule has 0 bridgehead atoms. The Balaban J connectivity index is 1.67. The van der Waals surface area contributed by atoms with Crippen LogP contribution in [0.1, 0.15) is 35.2 Å². The molecular weight excluding hydrogens is 418 g/mol. The number of aromatic nitrogens is 4. The topological polar surface area (TPSA) is 93.8 Å². The van der Waals surface area contributed by atoms with Gasteiger partial charge in [0.1, 0.15) is 17.9 Å². The van der Waals surface area contributed by atoms with Crippen LogP contribution in [0.4, 0.5) is 20.2 Å². The van der Waals surface area contributed by atoms with E-state index in [1.165, 1.54) is 13.1 Å². The maximum absolute atomic E-state index is 12.9. The third-order valence-electron chi connectivity index (χ3n) is 4.31. The lowest BCUT2D eigenvalue weighted by Gasteiger charge is -2.10. The minimum atomic E-state index is -2.83. The number of halogens is 3. The van der Waals surface area contributed by atoms with Crippen molar-refractivity contribution in [3.8, 4) is 0 Å². The fourth-order valence-electron chi connectivity index (χ4n) is 2.82. The van der Waals surface area contributed by atoms with Crippen molar-refractivity contribution in [3.05, 3.63) is 58.6 Å². The number of anilines is 2. The van der Waals surface area contributed by atoms with Gasteiger partial charge in [-0.2, -0.15) is 10.2 Å². The van der Waals surface area contributed by atoms with Crippen LogP contribution in [0, 0.1) is 6.92 Å². The molecule has 8 nitrogen and oxygen atoms in total. The van der Waals surface area contributed by atoms with E-state index in [-0.39, 0.29) is 23.2 Å². The number of benzene rings is 1. The second-order valence-corrected chi connectivity index (χ2v) is 6.74. The number of carbonyl (C=O) groups excluding carboxylic acids is 2. The molecule has 0 aliphatic heterocycles. The van der Waals surface area contributed by atoms with Crippen LogP contribution in [-0.4, -0.2) is 31.4 Å². The van der Waals surface area contributed by atoms with E-state index in [1.807, 2.05) is 6.92 Å². The van der Waals surface area contributed by atoms with Crippen molar-refractivity contribution in [2.24, 2.45) is 0 Å². The van der Waals surface area contributed by atoms with Gasteiger partial charge in [-0.05, 0) is 38.1 Å². The normalized spacial score (nSPS) is 11.0. The van der Waals surface area contributed by atoms with E-state index < -0.39 is 18.0 Å². The Morgan fingerprint density at radius 1 is 1.17 bits per heavy atom. The van der Waals surface area contributed by atoms with Crippen molar-refractivity contribution >= 4 is 34.8 Å². The molecule has 0 aliphatic carbocycles. The molecule has 11 heteroatoms. The molecule has 0 spiro atoms. The van der Waals surface area contributed by atoms with Crippen molar-refractivity contribution in [3.63, 3.8) is 0 Å². The zero-order valence-electron chi connectivity index (χ0n) is 16.2. The molecule has 0 saturated carbocycles. The van der Waals surface area contributed by atoms with Crippen LogP contribution in [0.15, 0.2) is 36.5 Å². The second kappa shape index (κ2) is 9.04. The number of rotatable bonds is 7. The molecule has 2 heterocycles. The highest BCUT2D eigenvalue weighted by Crippen LogP contribution is 2.28. The van der Waals surface area contributed by atoms with Crippen LogP contribution in [0.25, 0.3) is 0 Å². The van der Waals surface area contributed by atoms with Gasteiger partial charge in [0.15, 0.2) is 0 Å². The highest BCUT2D eigenvalue weighted by Gasteiger charge is 2.21. The molecule has 3 aromatic rings. The predicted octanol–water partition coefficient (Wildman–Crippen LogP) is 3.89. The van der Waals surface area contributed by atoms with Gasteiger partial charge in [-0.1, -0.05) is 17.7 Å². The van der Waals surface area contributed by atoms with Crippen molar-refractivity contribution in [2.75, 3.05) is 10.6 Å². The largest absolute Gasteiger partial charge is 0.324 e. The van der Waals surface area contributed by atoms with Crippen LogP contribution in [0.2, 0.25) is 5.02 Å². The van der Waals surface area contributed by atoms with Crippen LogP contribution in [0.5, 0.6) is 0 Å². The molecule has 3 rings (SSSR count). The first kappa shape index (κ1) is 21.4. The molecule has 30 heavy (non-hydrogen) atoms. The van der Waals surface area contributed by atoms with Gasteiger partial charge in [0, 0.05) is 24.1 Å². The van der Waals surface area contributed by atoms with Crippen molar-refractivity contribution in [1.82, 2.24) is 19.6 Å². The Morgan fingerprint density at radius 3 is 2.50 bits per heavy atom. The fourth-order valence-corrected chi connectivity index (χ4v) is 3.04. The Bertz CT molecular complexity index is 1080. The van der Waals surface area contributed by atoms with Gasteiger partial charge in [0.25, 0.3) is 12.3 Å². The molecule has 0 aliphatic rings. The molecule has 0 atom stereocenters. The first-order chi connectivity index (χ1) is 14.3. The van der Waals surface area contributed by atoms with Crippen molar-refractivity contribution < 1.29 is 18.4 Å². The molecule has 158 valence electrons. The van der Waals surface area contributed by atoms with Gasteiger partial charge >= 0.3 is 0 Å². The Hall–Kier alpha value is -3.27. The summed E-state index contributed by atoms with van der Waals surface area (Å²) in [5.74, 6) is -0.815. The highest BCUT2D eigenvalue weighted by atomic mass is 35.5. The van der Waals surface area contributed by atoms with Crippen molar-refractivity contribution in [1.29, 1.82) is 0 Å². The summed E-state index contributed by atoms with van der Waals surface area (Å²) >= 11 is 5.84. The van der Waals surface area contributed by atoms with E-state index in [0.29, 0.717) is 23.6 Å². The quantitative estimate of drug-likeness (QED) is 0.587. The summed E-state index contributed by atoms with van der Waals surface area (Å²) in [7, 11) is 0. The summed E-state index contributed by atoms with van der Waals surface area (Å²) in [6.45, 7) is 3.64. The molecule has 2 amide bonds. The summed E-state index contributed by atoms with van der Waals surface area (Å²) in [5.41, 5.74) is 1.02. The van der Waals surface area contributed by atoms with E-state index in [9.17, 15) is 18.4 Å². The first-order valence-electron chi connectivity index (χ1n) is 9.04. The zero-order chi connectivity index (χ0) is 21.8. The summed E-state index contributed by atoms with van der Waals surface area (Å²) < 4.78 is 28.5. The number of carbonyl (C=O) groups is 2. The maximum Gasteiger partial charge on any atom is 0.283 e. The minimum Gasteiger partial charge on any atom is -0.324 e. The summed E-state index contributed by atoms with van der Waals surface area (Å²) in [6, 6.07) is 8.16. The number of aryl methyl sites for hydroxylation is 1. The van der Waals surface area contributed by atoms with Gasteiger partial charge in [0.2, 0.25) is 5.91 Å². The van der Waals surface area contributed by atoms with Gasteiger partial charge in [-0.25, -0.2) is 8.78 Å². The van der Waals surface area contributed by atoms with Crippen molar-refractivity contribution in [2.45, 2.75) is 33.4 Å². The maximum atomic E-state index is 12.9. The number of alkyl halides is 2. The standard InChI is InChI=1S/C19H19ClF2N6O2/c1-3-27-14(7-8-23-27)19(30)25-13-6-4-5-12(9-13)24-15(29)10-28-11(2)16(20)17(26-28)18(21)22/h4-9,18H,3,10H2,1-2H3,(H,24,29)(H,25,30). The van der Waals surface area contributed by atoms with Crippen LogP contribution >= 0.6 is 11.6 Å². The van der Waals surface area contributed by atoms with E-state index in [2.05, 4.69) is 20.8 Å². The molecule has 0 unspecified atom stereocenters. The molecule has 1 aromatic carbocycles. The Labute approximate surface area is 175 Å². The third kappa shape index (κ3) is 4.65. The number of amides is 2. The molecule has 2 N–H and O–H groups in total. The summed E-state index contributed by atoms with van der Waals surface area (Å²) in [5, 5.41) is 13.0. The SMILES string of the molecule is CCn1nccc1C(=O)Nc1cccc(NC(=O)Cn2nc(C(F)F)c(Cl)c2C)c1. The average Bonchev–Trinajstić information content (AvgIpc) is 3.28. The number of nitrogens with zero attached hydrogens (tertiary/aromatic N) is 4. The van der Waals surface area contributed by atoms with Gasteiger partial charge in [-0.15, -0.1) is 0 Å². The monoisotopic (exact) mass is 436 g/mol. The first-order valence-corrected chi connectivity index (χ1v) is 9.42.